The summed E-state index contributed by atoms with van der Waals surface area (Å²) >= 11 is 1.15. The SMILES string of the molecule is COc1ccc(CCn2c(SCC(=O)Nc3ccccc3C(N)=O)nc3ccccc3c2=O)cc1OC. The molecule has 4 rings (SSSR count). The number of fused-ring (bicyclic) bond motifs is 1. The largest absolute Gasteiger partial charge is 0.493 e. The molecule has 0 aliphatic rings. The van der Waals surface area contributed by atoms with Crippen molar-refractivity contribution in [2.45, 2.75) is 18.1 Å². The van der Waals surface area contributed by atoms with Crippen LogP contribution >= 0.6 is 11.8 Å². The fourth-order valence-corrected chi connectivity index (χ4v) is 4.68. The zero-order chi connectivity index (χ0) is 26.4. The van der Waals surface area contributed by atoms with E-state index in [0.717, 1.165) is 17.3 Å². The number of rotatable bonds is 10. The number of nitrogens with zero attached hydrogens (tertiary/aromatic N) is 2. The highest BCUT2D eigenvalue weighted by atomic mass is 32.2. The molecular formula is C27H26N4O5S. The van der Waals surface area contributed by atoms with Gasteiger partial charge in [-0.2, -0.15) is 0 Å². The highest BCUT2D eigenvalue weighted by Crippen LogP contribution is 2.28. The van der Waals surface area contributed by atoms with Gasteiger partial charge in [0.2, 0.25) is 5.91 Å². The van der Waals surface area contributed by atoms with Gasteiger partial charge in [-0.3, -0.25) is 19.0 Å². The number of para-hydroxylation sites is 2. The van der Waals surface area contributed by atoms with Gasteiger partial charge < -0.3 is 20.5 Å². The first kappa shape index (κ1) is 25.8. The number of hydrogen-bond acceptors (Lipinski definition) is 7. The number of benzene rings is 3. The minimum atomic E-state index is -0.635. The second-order valence-corrected chi connectivity index (χ2v) is 9.00. The number of aryl methyl sites for hydroxylation is 1. The number of aromatic nitrogens is 2. The topological polar surface area (TPSA) is 126 Å². The van der Waals surface area contributed by atoms with Gasteiger partial charge in [0, 0.05) is 6.54 Å². The number of nitrogens with one attached hydrogen (secondary N) is 1. The quantitative estimate of drug-likeness (QED) is 0.243. The number of nitrogens with two attached hydrogens (primary N) is 1. The number of ether oxygens (including phenoxy) is 2. The van der Waals surface area contributed by atoms with E-state index < -0.39 is 5.91 Å². The third-order valence-corrected chi connectivity index (χ3v) is 6.67. The lowest BCUT2D eigenvalue weighted by atomic mass is 10.1. The Labute approximate surface area is 217 Å². The summed E-state index contributed by atoms with van der Waals surface area (Å²) in [6.07, 6.45) is 0.534. The van der Waals surface area contributed by atoms with Crippen molar-refractivity contribution in [2.75, 3.05) is 25.3 Å². The van der Waals surface area contributed by atoms with Crippen LogP contribution in [0.3, 0.4) is 0 Å². The van der Waals surface area contributed by atoms with Crippen molar-refractivity contribution in [2.24, 2.45) is 5.73 Å². The number of amides is 2. The van der Waals surface area contributed by atoms with Crippen molar-refractivity contribution in [3.05, 3.63) is 88.2 Å². The number of hydrogen-bond donors (Lipinski definition) is 2. The van der Waals surface area contributed by atoms with Crippen LogP contribution in [0.4, 0.5) is 5.69 Å². The molecule has 0 radical (unpaired) electrons. The molecule has 0 aliphatic heterocycles. The summed E-state index contributed by atoms with van der Waals surface area (Å²) in [5.41, 5.74) is 7.27. The fourth-order valence-electron chi connectivity index (χ4n) is 3.86. The van der Waals surface area contributed by atoms with E-state index in [9.17, 15) is 14.4 Å². The van der Waals surface area contributed by atoms with Crippen LogP contribution in [0.2, 0.25) is 0 Å². The molecular weight excluding hydrogens is 492 g/mol. The molecule has 1 heterocycles. The van der Waals surface area contributed by atoms with E-state index in [1.807, 2.05) is 24.3 Å². The van der Waals surface area contributed by atoms with E-state index in [-0.39, 0.29) is 22.8 Å². The standard InChI is InChI=1S/C27H26N4O5S/c1-35-22-12-11-17(15-23(22)36-2)13-14-31-26(34)19-8-4-6-10-21(19)30-27(31)37-16-24(32)29-20-9-5-3-7-18(20)25(28)33/h3-12,15H,13-14,16H2,1-2H3,(H2,28,33)(H,29,32). The van der Waals surface area contributed by atoms with Crippen molar-refractivity contribution in [1.29, 1.82) is 0 Å². The van der Waals surface area contributed by atoms with Crippen LogP contribution in [0.15, 0.2) is 76.7 Å². The second kappa shape index (κ2) is 11.6. The Hall–Kier alpha value is -4.31. The molecule has 0 fully saturated rings. The van der Waals surface area contributed by atoms with Gasteiger partial charge in [-0.25, -0.2) is 4.98 Å². The fraction of sp³-hybridized carbons (Fsp3) is 0.185. The lowest BCUT2D eigenvalue weighted by molar-refractivity contribution is -0.113. The summed E-state index contributed by atoms with van der Waals surface area (Å²) in [6.45, 7) is 0.348. The second-order valence-electron chi connectivity index (χ2n) is 8.05. The summed E-state index contributed by atoms with van der Waals surface area (Å²) in [5.74, 6) is 0.215. The van der Waals surface area contributed by atoms with Crippen molar-refractivity contribution in [3.8, 4) is 11.5 Å². The van der Waals surface area contributed by atoms with E-state index in [4.69, 9.17) is 15.2 Å². The number of primary amides is 1. The van der Waals surface area contributed by atoms with Crippen LogP contribution < -0.4 is 26.1 Å². The lowest BCUT2D eigenvalue weighted by Crippen LogP contribution is -2.25. The predicted octanol–water partition coefficient (Wildman–Crippen LogP) is 3.49. The van der Waals surface area contributed by atoms with Crippen molar-refractivity contribution >= 4 is 40.2 Å². The maximum atomic E-state index is 13.4. The summed E-state index contributed by atoms with van der Waals surface area (Å²) in [7, 11) is 3.14. The minimum absolute atomic E-state index is 0.0196. The molecule has 1 aromatic heterocycles. The maximum absolute atomic E-state index is 13.4. The van der Waals surface area contributed by atoms with E-state index in [1.54, 1.807) is 61.3 Å². The van der Waals surface area contributed by atoms with Crippen LogP contribution in [0.1, 0.15) is 15.9 Å². The van der Waals surface area contributed by atoms with Gasteiger partial charge in [0.05, 0.1) is 42.1 Å². The molecule has 190 valence electrons. The Morgan fingerprint density at radius 2 is 1.73 bits per heavy atom. The van der Waals surface area contributed by atoms with Gasteiger partial charge in [-0.05, 0) is 48.4 Å². The zero-order valence-electron chi connectivity index (χ0n) is 20.4. The smallest absolute Gasteiger partial charge is 0.262 e. The number of carbonyl (C=O) groups is 2. The first-order valence-electron chi connectivity index (χ1n) is 11.4. The average molecular weight is 519 g/mol. The first-order valence-corrected chi connectivity index (χ1v) is 12.4. The van der Waals surface area contributed by atoms with Crippen molar-refractivity contribution in [1.82, 2.24) is 9.55 Å². The van der Waals surface area contributed by atoms with Crippen LogP contribution in [-0.2, 0) is 17.8 Å². The van der Waals surface area contributed by atoms with Gasteiger partial charge in [-0.15, -0.1) is 0 Å². The van der Waals surface area contributed by atoms with Crippen LogP contribution in [0.25, 0.3) is 10.9 Å². The number of thioether (sulfide) groups is 1. The monoisotopic (exact) mass is 518 g/mol. The summed E-state index contributed by atoms with van der Waals surface area (Å²) < 4.78 is 12.3. The van der Waals surface area contributed by atoms with Crippen molar-refractivity contribution < 1.29 is 19.1 Å². The molecule has 0 saturated carbocycles. The number of carbonyl (C=O) groups excluding carboxylic acids is 2. The van der Waals surface area contributed by atoms with Gasteiger partial charge in [-0.1, -0.05) is 42.1 Å². The Bertz CT molecular complexity index is 1520. The molecule has 0 spiro atoms. The van der Waals surface area contributed by atoms with Crippen molar-refractivity contribution in [3.63, 3.8) is 0 Å². The molecule has 0 saturated heterocycles. The van der Waals surface area contributed by atoms with Crippen LogP contribution in [0.5, 0.6) is 11.5 Å². The lowest BCUT2D eigenvalue weighted by Gasteiger charge is -2.14. The number of anilines is 1. The summed E-state index contributed by atoms with van der Waals surface area (Å²) in [5, 5.41) is 3.63. The van der Waals surface area contributed by atoms with E-state index in [2.05, 4.69) is 10.3 Å². The van der Waals surface area contributed by atoms with Gasteiger partial charge in [0.25, 0.3) is 11.5 Å². The Balaban J connectivity index is 1.57. The molecule has 3 aromatic carbocycles. The van der Waals surface area contributed by atoms with Crippen LogP contribution in [-0.4, -0.2) is 41.3 Å². The third kappa shape index (κ3) is 5.92. The molecule has 2 amide bonds. The highest BCUT2D eigenvalue weighted by molar-refractivity contribution is 7.99. The Kier molecular flexibility index (Phi) is 8.09. The molecule has 0 unspecified atom stereocenters. The number of methoxy groups -OCH3 is 2. The Morgan fingerprint density at radius 1 is 1.00 bits per heavy atom. The van der Waals surface area contributed by atoms with E-state index in [1.165, 1.54) is 0 Å². The summed E-state index contributed by atoms with van der Waals surface area (Å²) in [4.78, 5) is 42.4. The van der Waals surface area contributed by atoms with Gasteiger partial charge >= 0.3 is 0 Å². The predicted molar refractivity (Wildman–Crippen MR) is 144 cm³/mol. The molecule has 3 N–H and O–H groups in total. The minimum Gasteiger partial charge on any atom is -0.493 e. The molecule has 0 atom stereocenters. The summed E-state index contributed by atoms with van der Waals surface area (Å²) in [6, 6.07) is 19.2. The van der Waals surface area contributed by atoms with Gasteiger partial charge in [0.15, 0.2) is 16.7 Å². The molecule has 4 aromatic rings. The van der Waals surface area contributed by atoms with Gasteiger partial charge in [0.1, 0.15) is 0 Å². The average Bonchev–Trinajstić information content (AvgIpc) is 2.91. The third-order valence-electron chi connectivity index (χ3n) is 5.70. The zero-order valence-corrected chi connectivity index (χ0v) is 21.2. The molecule has 0 bridgehead atoms. The Morgan fingerprint density at radius 3 is 2.49 bits per heavy atom. The molecule has 9 nitrogen and oxygen atoms in total. The maximum Gasteiger partial charge on any atom is 0.262 e. The van der Waals surface area contributed by atoms with Crippen LogP contribution in [0, 0.1) is 0 Å². The first-order chi connectivity index (χ1) is 17.9. The van der Waals surface area contributed by atoms with E-state index in [0.29, 0.717) is 46.2 Å². The van der Waals surface area contributed by atoms with E-state index >= 15 is 0 Å². The molecule has 0 aliphatic carbocycles. The highest BCUT2D eigenvalue weighted by Gasteiger charge is 2.15. The normalized spacial score (nSPS) is 10.8. The molecule has 37 heavy (non-hydrogen) atoms. The molecule has 10 heteroatoms.